The molecule has 0 spiro atoms. The molecule has 3 aromatic rings. The highest BCUT2D eigenvalue weighted by molar-refractivity contribution is 7.99. The van der Waals surface area contributed by atoms with Gasteiger partial charge in [0.1, 0.15) is 0 Å². The van der Waals surface area contributed by atoms with Crippen LogP contribution in [0.15, 0.2) is 72.1 Å². The smallest absolute Gasteiger partial charge is 0.233 e. The highest BCUT2D eigenvalue weighted by Crippen LogP contribution is 2.24. The Balaban J connectivity index is 1.66. The Labute approximate surface area is 162 Å². The predicted molar refractivity (Wildman–Crippen MR) is 107 cm³/mol. The lowest BCUT2D eigenvalue weighted by Crippen LogP contribution is -2.31. The number of amides is 1. The summed E-state index contributed by atoms with van der Waals surface area (Å²) in [7, 11) is 1.84. The van der Waals surface area contributed by atoms with Gasteiger partial charge in [-0.2, -0.15) is 0 Å². The van der Waals surface area contributed by atoms with Gasteiger partial charge in [-0.1, -0.05) is 59.8 Å². The monoisotopic (exact) mass is 385 g/mol. The Morgan fingerprint density at radius 2 is 2.00 bits per heavy atom. The Hall–Kier alpha value is -2.24. The van der Waals surface area contributed by atoms with Crippen LogP contribution < -0.4 is 0 Å². The Morgan fingerprint density at radius 3 is 2.73 bits per heavy atom. The summed E-state index contributed by atoms with van der Waals surface area (Å²) in [5.74, 6) is 0.387. The van der Waals surface area contributed by atoms with E-state index in [-0.39, 0.29) is 11.9 Å². The molecule has 0 N–H and O–H groups in total. The molecule has 0 bridgehead atoms. The summed E-state index contributed by atoms with van der Waals surface area (Å²) in [6.45, 7) is 2.03. The lowest BCUT2D eigenvalue weighted by molar-refractivity contribution is -0.128. The standard InChI is InChI=1S/C20H20ClN3OS/c1-15(16-7-4-3-5-8-16)23(2)19(25)14-26-20-22-11-12-24(20)18-10-6-9-17(21)13-18/h3-13,15H,14H2,1-2H3. The molecule has 134 valence electrons. The summed E-state index contributed by atoms with van der Waals surface area (Å²) in [5, 5.41) is 1.43. The lowest BCUT2D eigenvalue weighted by atomic mass is 10.1. The lowest BCUT2D eigenvalue weighted by Gasteiger charge is -2.25. The molecule has 0 saturated carbocycles. The Morgan fingerprint density at radius 1 is 1.23 bits per heavy atom. The SMILES string of the molecule is CC(c1ccccc1)N(C)C(=O)CSc1nccn1-c1cccc(Cl)c1. The molecular weight excluding hydrogens is 366 g/mol. The third-order valence-electron chi connectivity index (χ3n) is 4.27. The minimum atomic E-state index is 0.0250. The number of carbonyl (C=O) groups is 1. The summed E-state index contributed by atoms with van der Waals surface area (Å²) in [6, 6.07) is 17.6. The molecule has 2 aromatic carbocycles. The first kappa shape index (κ1) is 18.5. The number of hydrogen-bond acceptors (Lipinski definition) is 3. The minimum Gasteiger partial charge on any atom is -0.338 e. The fourth-order valence-corrected chi connectivity index (χ4v) is 3.70. The summed E-state index contributed by atoms with van der Waals surface area (Å²) in [5.41, 5.74) is 2.05. The molecule has 3 rings (SSSR count). The van der Waals surface area contributed by atoms with Gasteiger partial charge < -0.3 is 4.90 Å². The predicted octanol–water partition coefficient (Wildman–Crippen LogP) is 4.84. The van der Waals surface area contributed by atoms with Crippen LogP contribution in [0.3, 0.4) is 0 Å². The molecular formula is C20H20ClN3OS. The number of rotatable bonds is 6. The van der Waals surface area contributed by atoms with Gasteiger partial charge in [0, 0.05) is 30.2 Å². The van der Waals surface area contributed by atoms with Gasteiger partial charge in [-0.3, -0.25) is 9.36 Å². The molecule has 1 amide bonds. The van der Waals surface area contributed by atoms with Gasteiger partial charge in [-0.05, 0) is 30.7 Å². The van der Waals surface area contributed by atoms with Gasteiger partial charge in [0.25, 0.3) is 0 Å². The van der Waals surface area contributed by atoms with Gasteiger partial charge in [0.2, 0.25) is 5.91 Å². The maximum absolute atomic E-state index is 12.6. The van der Waals surface area contributed by atoms with Crippen LogP contribution >= 0.6 is 23.4 Å². The van der Waals surface area contributed by atoms with Crippen molar-refractivity contribution in [1.29, 1.82) is 0 Å². The number of benzene rings is 2. The van der Waals surface area contributed by atoms with Crippen LogP contribution in [0.2, 0.25) is 5.02 Å². The number of thioether (sulfide) groups is 1. The number of aromatic nitrogens is 2. The molecule has 1 unspecified atom stereocenters. The van der Waals surface area contributed by atoms with Crippen LogP contribution in [-0.4, -0.2) is 33.2 Å². The second kappa shape index (κ2) is 8.43. The van der Waals surface area contributed by atoms with Crippen LogP contribution in [0, 0.1) is 0 Å². The number of imidazole rings is 1. The minimum absolute atomic E-state index is 0.0250. The fraction of sp³-hybridized carbons (Fsp3) is 0.200. The Bertz CT molecular complexity index is 882. The summed E-state index contributed by atoms with van der Waals surface area (Å²) >= 11 is 7.50. The molecule has 0 radical (unpaired) electrons. The van der Waals surface area contributed by atoms with Crippen molar-refractivity contribution in [1.82, 2.24) is 14.5 Å². The van der Waals surface area contributed by atoms with Crippen LogP contribution in [0.25, 0.3) is 5.69 Å². The third kappa shape index (κ3) is 4.29. The van der Waals surface area contributed by atoms with Crippen molar-refractivity contribution in [3.63, 3.8) is 0 Å². The van der Waals surface area contributed by atoms with Crippen molar-refractivity contribution in [2.75, 3.05) is 12.8 Å². The van der Waals surface area contributed by atoms with Crippen molar-refractivity contribution >= 4 is 29.3 Å². The molecule has 1 atom stereocenters. The molecule has 1 heterocycles. The zero-order chi connectivity index (χ0) is 18.5. The largest absolute Gasteiger partial charge is 0.338 e. The van der Waals surface area contributed by atoms with E-state index >= 15 is 0 Å². The normalized spacial score (nSPS) is 12.0. The van der Waals surface area contributed by atoms with Gasteiger partial charge in [-0.15, -0.1) is 0 Å². The van der Waals surface area contributed by atoms with Crippen molar-refractivity contribution in [2.24, 2.45) is 0 Å². The van der Waals surface area contributed by atoms with Crippen molar-refractivity contribution in [3.8, 4) is 5.69 Å². The molecule has 4 nitrogen and oxygen atoms in total. The van der Waals surface area contributed by atoms with E-state index in [9.17, 15) is 4.79 Å². The number of halogens is 1. The highest BCUT2D eigenvalue weighted by Gasteiger charge is 2.18. The average molecular weight is 386 g/mol. The first-order valence-electron chi connectivity index (χ1n) is 8.29. The van der Waals surface area contributed by atoms with E-state index in [0.717, 1.165) is 16.4 Å². The van der Waals surface area contributed by atoms with E-state index in [0.29, 0.717) is 10.8 Å². The molecule has 26 heavy (non-hydrogen) atoms. The molecule has 0 aliphatic heterocycles. The van der Waals surface area contributed by atoms with E-state index < -0.39 is 0 Å². The molecule has 6 heteroatoms. The van der Waals surface area contributed by atoms with Crippen LogP contribution in [0.5, 0.6) is 0 Å². The second-order valence-corrected chi connectivity index (χ2v) is 7.32. The van der Waals surface area contributed by atoms with Crippen molar-refractivity contribution in [2.45, 2.75) is 18.1 Å². The van der Waals surface area contributed by atoms with E-state index in [4.69, 9.17) is 11.6 Å². The van der Waals surface area contributed by atoms with Gasteiger partial charge in [0.05, 0.1) is 11.8 Å². The number of hydrogen-bond donors (Lipinski definition) is 0. The molecule has 0 aliphatic carbocycles. The topological polar surface area (TPSA) is 38.1 Å². The number of nitrogens with zero attached hydrogens (tertiary/aromatic N) is 3. The van der Waals surface area contributed by atoms with Crippen molar-refractivity contribution < 1.29 is 4.79 Å². The van der Waals surface area contributed by atoms with Gasteiger partial charge >= 0.3 is 0 Å². The third-order valence-corrected chi connectivity index (χ3v) is 5.46. The summed E-state index contributed by atoms with van der Waals surface area (Å²) in [4.78, 5) is 18.7. The maximum Gasteiger partial charge on any atom is 0.233 e. The van der Waals surface area contributed by atoms with E-state index in [1.54, 1.807) is 11.1 Å². The van der Waals surface area contributed by atoms with Crippen LogP contribution in [0.4, 0.5) is 0 Å². The highest BCUT2D eigenvalue weighted by atomic mass is 35.5. The molecule has 0 saturated heterocycles. The van der Waals surface area contributed by atoms with E-state index in [2.05, 4.69) is 4.98 Å². The first-order valence-corrected chi connectivity index (χ1v) is 9.65. The first-order chi connectivity index (χ1) is 12.6. The average Bonchev–Trinajstić information content (AvgIpc) is 3.14. The molecule has 0 fully saturated rings. The summed E-state index contributed by atoms with van der Waals surface area (Å²) in [6.07, 6.45) is 3.60. The van der Waals surface area contributed by atoms with Crippen LogP contribution in [-0.2, 0) is 4.79 Å². The Kier molecular flexibility index (Phi) is 6.01. The zero-order valence-corrected chi connectivity index (χ0v) is 16.2. The fourth-order valence-electron chi connectivity index (χ4n) is 2.62. The molecule has 1 aromatic heterocycles. The van der Waals surface area contributed by atoms with Crippen molar-refractivity contribution in [3.05, 3.63) is 77.6 Å². The van der Waals surface area contributed by atoms with Crippen LogP contribution in [0.1, 0.15) is 18.5 Å². The maximum atomic E-state index is 12.6. The van der Waals surface area contributed by atoms with E-state index in [1.807, 2.05) is 79.3 Å². The molecule has 0 aliphatic rings. The second-order valence-electron chi connectivity index (χ2n) is 5.94. The van der Waals surface area contributed by atoms with E-state index in [1.165, 1.54) is 11.8 Å². The quantitative estimate of drug-likeness (QED) is 0.570. The van der Waals surface area contributed by atoms with Gasteiger partial charge in [-0.25, -0.2) is 4.98 Å². The summed E-state index contributed by atoms with van der Waals surface area (Å²) < 4.78 is 1.93. The van der Waals surface area contributed by atoms with Gasteiger partial charge in [0.15, 0.2) is 5.16 Å². The zero-order valence-electron chi connectivity index (χ0n) is 14.7. The number of carbonyl (C=O) groups excluding carboxylic acids is 1.